The first-order valence-corrected chi connectivity index (χ1v) is 8.36. The van der Waals surface area contributed by atoms with Crippen LogP contribution in [-0.2, 0) is 20.8 Å². The van der Waals surface area contributed by atoms with Crippen molar-refractivity contribution in [2.45, 2.75) is 45.2 Å². The summed E-state index contributed by atoms with van der Waals surface area (Å²) >= 11 is 0. The molecule has 2 atom stereocenters. The van der Waals surface area contributed by atoms with Gasteiger partial charge < -0.3 is 15.5 Å². The summed E-state index contributed by atoms with van der Waals surface area (Å²) in [5.74, 6) is -0.659. The Morgan fingerprint density at radius 2 is 2.04 bits per heavy atom. The van der Waals surface area contributed by atoms with Crippen molar-refractivity contribution >= 4 is 17.7 Å². The van der Waals surface area contributed by atoms with Crippen LogP contribution in [0.2, 0.25) is 0 Å². The SMILES string of the molecule is CCCC(=O)N[C@@H](C)C(=O)N[C@@H]1C(=O)N(C)CCc2ccccc21. The molecule has 1 aromatic rings. The lowest BCUT2D eigenvalue weighted by Gasteiger charge is -2.24. The van der Waals surface area contributed by atoms with Crippen LogP contribution in [0, 0.1) is 0 Å². The van der Waals surface area contributed by atoms with Crippen LogP contribution in [0.3, 0.4) is 0 Å². The standard InChI is InChI=1S/C18H25N3O3/c1-4-7-15(22)19-12(2)17(23)20-16-14-9-6-5-8-13(14)10-11-21(3)18(16)24/h5-6,8-9,12,16H,4,7,10-11H2,1-3H3,(H,19,22)(H,20,23)/t12-,16-/m0/s1. The average Bonchev–Trinajstić information content (AvgIpc) is 2.67. The molecule has 0 aliphatic carbocycles. The quantitative estimate of drug-likeness (QED) is 0.850. The highest BCUT2D eigenvalue weighted by Crippen LogP contribution is 2.24. The van der Waals surface area contributed by atoms with Gasteiger partial charge in [-0.1, -0.05) is 31.2 Å². The summed E-state index contributed by atoms with van der Waals surface area (Å²) in [7, 11) is 1.74. The van der Waals surface area contributed by atoms with Gasteiger partial charge >= 0.3 is 0 Å². The first-order valence-electron chi connectivity index (χ1n) is 8.36. The summed E-state index contributed by atoms with van der Waals surface area (Å²) in [6, 6.07) is 6.25. The van der Waals surface area contributed by atoms with Crippen molar-refractivity contribution in [2.75, 3.05) is 13.6 Å². The minimum absolute atomic E-state index is 0.139. The number of carbonyl (C=O) groups excluding carboxylic acids is 3. The van der Waals surface area contributed by atoms with Crippen LogP contribution in [0.15, 0.2) is 24.3 Å². The third-order valence-corrected chi connectivity index (χ3v) is 4.24. The number of nitrogens with zero attached hydrogens (tertiary/aromatic N) is 1. The summed E-state index contributed by atoms with van der Waals surface area (Å²) in [5, 5.41) is 5.46. The van der Waals surface area contributed by atoms with E-state index in [1.165, 1.54) is 0 Å². The molecule has 2 rings (SSSR count). The summed E-state index contributed by atoms with van der Waals surface area (Å²) in [5.41, 5.74) is 1.88. The van der Waals surface area contributed by atoms with E-state index >= 15 is 0 Å². The van der Waals surface area contributed by atoms with Crippen molar-refractivity contribution < 1.29 is 14.4 Å². The lowest BCUT2D eigenvalue weighted by atomic mass is 9.99. The van der Waals surface area contributed by atoms with Gasteiger partial charge in [0.05, 0.1) is 0 Å². The number of benzene rings is 1. The van der Waals surface area contributed by atoms with E-state index in [4.69, 9.17) is 0 Å². The van der Waals surface area contributed by atoms with Crippen LogP contribution in [0.4, 0.5) is 0 Å². The van der Waals surface area contributed by atoms with Crippen LogP contribution in [0.1, 0.15) is 43.9 Å². The van der Waals surface area contributed by atoms with E-state index < -0.39 is 12.1 Å². The number of carbonyl (C=O) groups is 3. The minimum Gasteiger partial charge on any atom is -0.345 e. The van der Waals surface area contributed by atoms with Gasteiger partial charge in [0, 0.05) is 20.0 Å². The fraction of sp³-hybridized carbons (Fsp3) is 0.500. The third-order valence-electron chi connectivity index (χ3n) is 4.24. The molecule has 24 heavy (non-hydrogen) atoms. The highest BCUT2D eigenvalue weighted by Gasteiger charge is 2.31. The maximum Gasteiger partial charge on any atom is 0.249 e. The summed E-state index contributed by atoms with van der Waals surface area (Å²) in [6.45, 7) is 4.14. The van der Waals surface area contributed by atoms with Crippen molar-refractivity contribution in [3.05, 3.63) is 35.4 Å². The molecule has 0 unspecified atom stereocenters. The van der Waals surface area contributed by atoms with Crippen LogP contribution in [0.25, 0.3) is 0 Å². The fourth-order valence-electron chi connectivity index (χ4n) is 2.81. The van der Waals surface area contributed by atoms with E-state index in [1.807, 2.05) is 31.2 Å². The van der Waals surface area contributed by atoms with Crippen LogP contribution in [-0.4, -0.2) is 42.3 Å². The number of hydrogen-bond acceptors (Lipinski definition) is 3. The lowest BCUT2D eigenvalue weighted by molar-refractivity contribution is -0.136. The molecular formula is C18H25N3O3. The minimum atomic E-state index is -0.716. The predicted octanol–water partition coefficient (Wildman–Crippen LogP) is 1.16. The fourth-order valence-corrected chi connectivity index (χ4v) is 2.81. The second-order valence-corrected chi connectivity index (χ2v) is 6.19. The largest absolute Gasteiger partial charge is 0.345 e. The molecule has 0 aromatic heterocycles. The third kappa shape index (κ3) is 4.13. The molecule has 1 aliphatic heterocycles. The monoisotopic (exact) mass is 331 g/mol. The van der Waals surface area contributed by atoms with Crippen molar-refractivity contribution in [1.29, 1.82) is 0 Å². The van der Waals surface area contributed by atoms with Crippen LogP contribution >= 0.6 is 0 Å². The van der Waals surface area contributed by atoms with E-state index in [2.05, 4.69) is 10.6 Å². The number of rotatable bonds is 5. The molecule has 2 N–H and O–H groups in total. The highest BCUT2D eigenvalue weighted by molar-refractivity contribution is 5.92. The number of likely N-dealkylation sites (N-methyl/N-ethyl adjacent to an activating group) is 1. The van der Waals surface area contributed by atoms with Gasteiger partial charge in [-0.2, -0.15) is 0 Å². The Bertz CT molecular complexity index is 630. The Morgan fingerprint density at radius 1 is 1.33 bits per heavy atom. The molecule has 0 saturated heterocycles. The van der Waals surface area contributed by atoms with Gasteiger partial charge in [-0.15, -0.1) is 0 Å². The molecule has 0 saturated carbocycles. The molecule has 0 spiro atoms. The van der Waals surface area contributed by atoms with Crippen molar-refractivity contribution in [3.63, 3.8) is 0 Å². The number of amides is 3. The van der Waals surface area contributed by atoms with Gasteiger partial charge in [-0.25, -0.2) is 0 Å². The predicted molar refractivity (Wildman–Crippen MR) is 91.2 cm³/mol. The summed E-state index contributed by atoms with van der Waals surface area (Å²) < 4.78 is 0. The first kappa shape index (κ1) is 18.0. The van der Waals surface area contributed by atoms with Gasteiger partial charge in [0.2, 0.25) is 17.7 Å². The zero-order chi connectivity index (χ0) is 17.7. The molecule has 0 radical (unpaired) electrons. The molecule has 3 amide bonds. The van der Waals surface area contributed by atoms with E-state index in [0.29, 0.717) is 13.0 Å². The van der Waals surface area contributed by atoms with E-state index in [0.717, 1.165) is 24.0 Å². The zero-order valence-electron chi connectivity index (χ0n) is 14.5. The van der Waals surface area contributed by atoms with E-state index in [-0.39, 0.29) is 17.7 Å². The lowest BCUT2D eigenvalue weighted by Crippen LogP contribution is -2.48. The molecule has 0 bridgehead atoms. The Kier molecular flexibility index (Phi) is 5.95. The Hall–Kier alpha value is -2.37. The van der Waals surface area contributed by atoms with Crippen LogP contribution in [0.5, 0.6) is 0 Å². The average molecular weight is 331 g/mol. The number of hydrogen-bond donors (Lipinski definition) is 2. The Labute approximate surface area is 142 Å². The second-order valence-electron chi connectivity index (χ2n) is 6.19. The van der Waals surface area contributed by atoms with Crippen molar-refractivity contribution in [2.24, 2.45) is 0 Å². The zero-order valence-corrected chi connectivity index (χ0v) is 14.5. The molecule has 1 aliphatic rings. The number of nitrogens with one attached hydrogen (secondary N) is 2. The van der Waals surface area contributed by atoms with E-state index in [9.17, 15) is 14.4 Å². The number of fused-ring (bicyclic) bond motifs is 1. The van der Waals surface area contributed by atoms with Gasteiger partial charge in [0.25, 0.3) is 0 Å². The summed E-state index contributed by atoms with van der Waals surface area (Å²) in [6.07, 6.45) is 1.86. The summed E-state index contributed by atoms with van der Waals surface area (Å²) in [4.78, 5) is 38.3. The smallest absolute Gasteiger partial charge is 0.249 e. The topological polar surface area (TPSA) is 78.5 Å². The second kappa shape index (κ2) is 7.95. The molecule has 0 fully saturated rings. The van der Waals surface area contributed by atoms with Gasteiger partial charge in [0.15, 0.2) is 0 Å². The van der Waals surface area contributed by atoms with Gasteiger partial charge in [0.1, 0.15) is 12.1 Å². The molecule has 130 valence electrons. The molecule has 1 aromatic carbocycles. The molecular weight excluding hydrogens is 306 g/mol. The van der Waals surface area contributed by atoms with Crippen LogP contribution < -0.4 is 10.6 Å². The molecule has 6 heteroatoms. The maximum atomic E-state index is 12.6. The van der Waals surface area contributed by atoms with Crippen molar-refractivity contribution in [1.82, 2.24) is 15.5 Å². The van der Waals surface area contributed by atoms with Gasteiger partial charge in [-0.05, 0) is 30.9 Å². The van der Waals surface area contributed by atoms with Gasteiger partial charge in [-0.3, -0.25) is 14.4 Å². The molecule has 1 heterocycles. The maximum absolute atomic E-state index is 12.6. The Balaban J connectivity index is 2.15. The highest BCUT2D eigenvalue weighted by atomic mass is 16.2. The van der Waals surface area contributed by atoms with E-state index in [1.54, 1.807) is 18.9 Å². The van der Waals surface area contributed by atoms with Crippen molar-refractivity contribution in [3.8, 4) is 0 Å². The Morgan fingerprint density at radius 3 is 2.75 bits per heavy atom. The first-order chi connectivity index (χ1) is 11.4. The molecule has 6 nitrogen and oxygen atoms in total. The normalized spacial score (nSPS) is 18.4.